The predicted molar refractivity (Wildman–Crippen MR) is 83.7 cm³/mol. The molecule has 7 heteroatoms. The second-order valence-corrected chi connectivity index (χ2v) is 12.0. The Labute approximate surface area is 133 Å². The van der Waals surface area contributed by atoms with E-state index in [0.717, 1.165) is 0 Å². The lowest BCUT2D eigenvalue weighted by atomic mass is 10.1. The van der Waals surface area contributed by atoms with Crippen LogP contribution in [-0.4, -0.2) is 45.4 Å². The topological polar surface area (TPSA) is 71.1 Å². The standard InChI is InChI=1S/C15H28O6Si/c1-10(16)19-13-8-12(9-18-14(13)20-11(2)17)21-22(6,7)15(3,4)5/h12-14H,8-9H2,1-7H3/t12-,13+,14?/m0/s1. The fourth-order valence-electron chi connectivity index (χ4n) is 2.01. The first-order chi connectivity index (χ1) is 9.92. The highest BCUT2D eigenvalue weighted by Crippen LogP contribution is 2.38. The van der Waals surface area contributed by atoms with Crippen LogP contribution < -0.4 is 0 Å². The van der Waals surface area contributed by atoms with Crippen molar-refractivity contribution in [3.8, 4) is 0 Å². The second-order valence-electron chi connectivity index (χ2n) is 7.19. The number of esters is 2. The van der Waals surface area contributed by atoms with Gasteiger partial charge in [-0.25, -0.2) is 0 Å². The van der Waals surface area contributed by atoms with Gasteiger partial charge in [0.2, 0.25) is 6.29 Å². The highest BCUT2D eigenvalue weighted by Gasteiger charge is 2.43. The van der Waals surface area contributed by atoms with Crippen molar-refractivity contribution in [2.24, 2.45) is 0 Å². The molecule has 0 bridgehead atoms. The summed E-state index contributed by atoms with van der Waals surface area (Å²) in [5, 5.41) is 0.0800. The maximum atomic E-state index is 11.2. The van der Waals surface area contributed by atoms with Crippen LogP contribution in [0.1, 0.15) is 41.0 Å². The van der Waals surface area contributed by atoms with Gasteiger partial charge >= 0.3 is 11.9 Å². The van der Waals surface area contributed by atoms with Gasteiger partial charge in [-0.15, -0.1) is 0 Å². The number of hydrogen-bond donors (Lipinski definition) is 0. The summed E-state index contributed by atoms with van der Waals surface area (Å²) in [6, 6.07) is 0. The molecule has 1 aliphatic rings. The summed E-state index contributed by atoms with van der Waals surface area (Å²) >= 11 is 0. The van der Waals surface area contributed by atoms with Crippen LogP contribution in [0.2, 0.25) is 18.1 Å². The number of rotatable bonds is 4. The van der Waals surface area contributed by atoms with Crippen LogP contribution in [0.25, 0.3) is 0 Å². The third kappa shape index (κ3) is 5.37. The van der Waals surface area contributed by atoms with Crippen LogP contribution in [0, 0.1) is 0 Å². The first kappa shape index (κ1) is 19.1. The van der Waals surface area contributed by atoms with Crippen LogP contribution in [0.3, 0.4) is 0 Å². The van der Waals surface area contributed by atoms with Crippen LogP contribution in [0.4, 0.5) is 0 Å². The molecule has 128 valence electrons. The Morgan fingerprint density at radius 3 is 2.09 bits per heavy atom. The first-order valence-corrected chi connectivity index (χ1v) is 10.5. The minimum atomic E-state index is -1.94. The molecule has 0 spiro atoms. The molecule has 0 saturated carbocycles. The van der Waals surface area contributed by atoms with Crippen LogP contribution in [-0.2, 0) is 28.2 Å². The highest BCUT2D eigenvalue weighted by molar-refractivity contribution is 6.74. The average Bonchev–Trinajstić information content (AvgIpc) is 2.29. The second kappa shape index (κ2) is 7.10. The molecule has 3 atom stereocenters. The highest BCUT2D eigenvalue weighted by atomic mass is 28.4. The lowest BCUT2D eigenvalue weighted by Crippen LogP contribution is -2.51. The summed E-state index contributed by atoms with van der Waals surface area (Å²) in [5.41, 5.74) is 0. The van der Waals surface area contributed by atoms with Gasteiger partial charge in [0.15, 0.2) is 14.4 Å². The van der Waals surface area contributed by atoms with Crippen LogP contribution in [0.5, 0.6) is 0 Å². The summed E-state index contributed by atoms with van der Waals surface area (Å²) in [7, 11) is -1.94. The maximum absolute atomic E-state index is 11.2. The summed E-state index contributed by atoms with van der Waals surface area (Å²) in [6.45, 7) is 13.7. The van der Waals surface area contributed by atoms with E-state index in [4.69, 9.17) is 18.6 Å². The zero-order chi connectivity index (χ0) is 17.1. The molecule has 22 heavy (non-hydrogen) atoms. The molecule has 0 amide bonds. The number of carbonyl (C=O) groups excluding carboxylic acids is 2. The van der Waals surface area contributed by atoms with Crippen LogP contribution in [0.15, 0.2) is 0 Å². The van der Waals surface area contributed by atoms with Crippen molar-refractivity contribution in [3.63, 3.8) is 0 Å². The molecular weight excluding hydrogens is 304 g/mol. The molecule has 0 aromatic heterocycles. The zero-order valence-electron chi connectivity index (χ0n) is 14.6. The lowest BCUT2D eigenvalue weighted by Gasteiger charge is -2.42. The van der Waals surface area contributed by atoms with E-state index in [9.17, 15) is 9.59 Å². The molecule has 1 fully saturated rings. The Morgan fingerprint density at radius 2 is 1.64 bits per heavy atom. The predicted octanol–water partition coefficient (Wildman–Crippen LogP) is 2.62. The minimum absolute atomic E-state index is 0.0800. The fraction of sp³-hybridized carbons (Fsp3) is 0.867. The molecule has 0 N–H and O–H groups in total. The van der Waals surface area contributed by atoms with Gasteiger partial charge < -0.3 is 18.6 Å². The molecule has 1 rings (SSSR count). The van der Waals surface area contributed by atoms with E-state index in [1.807, 2.05) is 0 Å². The molecule has 1 unspecified atom stereocenters. The van der Waals surface area contributed by atoms with E-state index in [1.165, 1.54) is 13.8 Å². The Balaban J connectivity index is 2.75. The normalized spacial score (nSPS) is 26.4. The monoisotopic (exact) mass is 332 g/mol. The Kier molecular flexibility index (Phi) is 6.17. The van der Waals surface area contributed by atoms with Gasteiger partial charge in [-0.3, -0.25) is 9.59 Å². The SMILES string of the molecule is CC(=O)OC1OC[C@@H](O[Si](C)(C)C(C)(C)C)C[C@H]1OC(C)=O. The lowest BCUT2D eigenvalue weighted by molar-refractivity contribution is -0.237. The van der Waals surface area contributed by atoms with Crippen molar-refractivity contribution in [1.29, 1.82) is 0 Å². The molecule has 0 radical (unpaired) electrons. The van der Waals surface area contributed by atoms with Crippen molar-refractivity contribution in [2.75, 3.05) is 6.61 Å². The quantitative estimate of drug-likeness (QED) is 0.582. The van der Waals surface area contributed by atoms with E-state index >= 15 is 0 Å². The van der Waals surface area contributed by atoms with Gasteiger partial charge in [0.25, 0.3) is 0 Å². The minimum Gasteiger partial charge on any atom is -0.456 e. The number of ether oxygens (including phenoxy) is 3. The van der Waals surface area contributed by atoms with E-state index in [-0.39, 0.29) is 11.1 Å². The number of carbonyl (C=O) groups is 2. The van der Waals surface area contributed by atoms with E-state index in [2.05, 4.69) is 33.9 Å². The van der Waals surface area contributed by atoms with E-state index in [0.29, 0.717) is 13.0 Å². The van der Waals surface area contributed by atoms with Gasteiger partial charge in [-0.05, 0) is 18.1 Å². The third-order valence-corrected chi connectivity index (χ3v) is 8.65. The van der Waals surface area contributed by atoms with Crippen molar-refractivity contribution in [3.05, 3.63) is 0 Å². The van der Waals surface area contributed by atoms with Crippen LogP contribution >= 0.6 is 0 Å². The smallest absolute Gasteiger partial charge is 0.305 e. The summed E-state index contributed by atoms with van der Waals surface area (Å²) < 4.78 is 22.1. The Hall–Kier alpha value is -0.923. The Morgan fingerprint density at radius 1 is 1.09 bits per heavy atom. The zero-order valence-corrected chi connectivity index (χ0v) is 15.6. The van der Waals surface area contributed by atoms with Crippen molar-refractivity contribution in [2.45, 2.75) is 77.7 Å². The molecule has 1 saturated heterocycles. The van der Waals surface area contributed by atoms with Crippen molar-refractivity contribution < 1.29 is 28.2 Å². The molecule has 0 aliphatic carbocycles. The maximum Gasteiger partial charge on any atom is 0.305 e. The van der Waals surface area contributed by atoms with Crippen molar-refractivity contribution >= 4 is 20.3 Å². The molecule has 1 heterocycles. The van der Waals surface area contributed by atoms with Gasteiger partial charge in [0.1, 0.15) is 0 Å². The molecule has 0 aromatic rings. The first-order valence-electron chi connectivity index (χ1n) is 7.56. The van der Waals surface area contributed by atoms with E-state index < -0.39 is 32.6 Å². The van der Waals surface area contributed by atoms with Gasteiger partial charge in [0, 0.05) is 20.3 Å². The molecule has 6 nitrogen and oxygen atoms in total. The summed E-state index contributed by atoms with van der Waals surface area (Å²) in [5.74, 6) is -0.898. The number of hydrogen-bond acceptors (Lipinski definition) is 6. The molecular formula is C15H28O6Si. The molecule has 0 aromatic carbocycles. The third-order valence-electron chi connectivity index (χ3n) is 4.11. The van der Waals surface area contributed by atoms with Crippen molar-refractivity contribution in [1.82, 2.24) is 0 Å². The van der Waals surface area contributed by atoms with Gasteiger partial charge in [0.05, 0.1) is 12.7 Å². The largest absolute Gasteiger partial charge is 0.456 e. The van der Waals surface area contributed by atoms with Gasteiger partial charge in [-0.2, -0.15) is 0 Å². The van der Waals surface area contributed by atoms with Gasteiger partial charge in [-0.1, -0.05) is 20.8 Å². The summed E-state index contributed by atoms with van der Waals surface area (Å²) in [4.78, 5) is 22.4. The summed E-state index contributed by atoms with van der Waals surface area (Å²) in [6.07, 6.45) is -1.20. The van der Waals surface area contributed by atoms with E-state index in [1.54, 1.807) is 0 Å². The Bertz CT molecular complexity index is 415. The fourth-order valence-corrected chi connectivity index (χ4v) is 3.36. The molecule has 1 aliphatic heterocycles. The average molecular weight is 332 g/mol.